The van der Waals surface area contributed by atoms with Crippen molar-refractivity contribution in [2.24, 2.45) is 0 Å². The number of hydrogen-bond donors (Lipinski definition) is 2. The molecule has 0 spiro atoms. The summed E-state index contributed by atoms with van der Waals surface area (Å²) < 4.78 is 5.22. The number of nitrogens with one attached hydrogen (secondary N) is 2. The Morgan fingerprint density at radius 2 is 1.82 bits per heavy atom. The van der Waals surface area contributed by atoms with Gasteiger partial charge in [0.25, 0.3) is 0 Å². The van der Waals surface area contributed by atoms with Crippen molar-refractivity contribution in [2.45, 2.75) is 0 Å². The van der Waals surface area contributed by atoms with Crippen LogP contribution in [0.15, 0.2) is 48.7 Å². The fraction of sp³-hybridized carbons (Fsp3) is 0.0625. The molecule has 0 radical (unpaired) electrons. The highest BCUT2D eigenvalue weighted by Crippen LogP contribution is 2.22. The van der Waals surface area contributed by atoms with Gasteiger partial charge in [0.1, 0.15) is 5.75 Å². The highest BCUT2D eigenvalue weighted by Gasteiger charge is 2.02. The number of anilines is 1. The van der Waals surface area contributed by atoms with Gasteiger partial charge in [-0.2, -0.15) is 0 Å². The summed E-state index contributed by atoms with van der Waals surface area (Å²) in [6, 6.07) is 11.9. The predicted octanol–water partition coefficient (Wildman–Crippen LogP) is 4.79. The molecule has 2 rings (SSSR count). The molecule has 0 bridgehead atoms. The Kier molecular flexibility index (Phi) is 5.69. The lowest BCUT2D eigenvalue weighted by atomic mass is 10.2. The van der Waals surface area contributed by atoms with Gasteiger partial charge in [-0.05, 0) is 30.3 Å². The quantitative estimate of drug-likeness (QED) is 0.842. The van der Waals surface area contributed by atoms with Gasteiger partial charge < -0.3 is 15.4 Å². The minimum absolute atomic E-state index is 0.399. The molecule has 0 heterocycles. The molecule has 2 aromatic rings. The van der Waals surface area contributed by atoms with E-state index in [9.17, 15) is 4.79 Å². The number of amides is 2. The van der Waals surface area contributed by atoms with E-state index < -0.39 is 6.03 Å². The van der Waals surface area contributed by atoms with E-state index in [1.54, 1.807) is 31.4 Å². The average Bonchev–Trinajstić information content (AvgIpc) is 2.46. The van der Waals surface area contributed by atoms with Crippen LogP contribution in [0.3, 0.4) is 0 Å². The lowest BCUT2D eigenvalue weighted by molar-refractivity contribution is 0.255. The molecule has 0 fully saturated rings. The largest absolute Gasteiger partial charge is 0.496 e. The fourth-order valence-electron chi connectivity index (χ4n) is 1.80. The summed E-state index contributed by atoms with van der Waals surface area (Å²) in [5.41, 5.74) is 1.37. The topological polar surface area (TPSA) is 50.4 Å². The molecule has 114 valence electrons. The average molecular weight is 337 g/mol. The first-order valence-corrected chi connectivity index (χ1v) is 7.17. The van der Waals surface area contributed by atoms with Crippen LogP contribution in [0.25, 0.3) is 6.08 Å². The van der Waals surface area contributed by atoms with Gasteiger partial charge >= 0.3 is 6.03 Å². The maximum atomic E-state index is 11.8. The van der Waals surface area contributed by atoms with E-state index in [1.165, 1.54) is 6.20 Å². The molecular weight excluding hydrogens is 323 g/mol. The van der Waals surface area contributed by atoms with Crippen molar-refractivity contribution in [3.8, 4) is 5.75 Å². The Morgan fingerprint density at radius 3 is 2.50 bits per heavy atom. The monoisotopic (exact) mass is 336 g/mol. The third kappa shape index (κ3) is 4.69. The molecule has 2 amide bonds. The van der Waals surface area contributed by atoms with Gasteiger partial charge in [-0.15, -0.1) is 0 Å². The first-order chi connectivity index (χ1) is 10.6. The molecule has 0 saturated carbocycles. The molecule has 0 aliphatic carbocycles. The van der Waals surface area contributed by atoms with E-state index in [1.807, 2.05) is 24.3 Å². The summed E-state index contributed by atoms with van der Waals surface area (Å²) >= 11 is 11.7. The van der Waals surface area contributed by atoms with Crippen LogP contribution in [0.5, 0.6) is 5.75 Å². The summed E-state index contributed by atoms with van der Waals surface area (Å²) in [6.07, 6.45) is 3.27. The summed E-state index contributed by atoms with van der Waals surface area (Å²) in [4.78, 5) is 11.8. The van der Waals surface area contributed by atoms with Crippen molar-refractivity contribution in [1.82, 2.24) is 5.32 Å². The number of carbonyl (C=O) groups is 1. The minimum atomic E-state index is -0.399. The van der Waals surface area contributed by atoms with Crippen LogP contribution in [-0.4, -0.2) is 13.1 Å². The van der Waals surface area contributed by atoms with Crippen LogP contribution in [0, 0.1) is 0 Å². The van der Waals surface area contributed by atoms with Crippen molar-refractivity contribution >= 4 is 41.0 Å². The van der Waals surface area contributed by atoms with Crippen LogP contribution >= 0.6 is 23.2 Å². The number of halogens is 2. The second-order valence-electron chi connectivity index (χ2n) is 4.33. The first kappa shape index (κ1) is 16.2. The third-order valence-corrected chi connectivity index (χ3v) is 3.17. The van der Waals surface area contributed by atoms with Crippen molar-refractivity contribution in [1.29, 1.82) is 0 Å². The molecule has 0 aromatic heterocycles. The number of para-hydroxylation sites is 1. The van der Waals surface area contributed by atoms with Gasteiger partial charge in [0.05, 0.1) is 7.11 Å². The van der Waals surface area contributed by atoms with E-state index in [2.05, 4.69) is 10.6 Å². The van der Waals surface area contributed by atoms with Gasteiger partial charge in [-0.3, -0.25) is 0 Å². The molecule has 22 heavy (non-hydrogen) atoms. The SMILES string of the molecule is COc1ccccc1/C=C/NC(=O)Nc1cc(Cl)cc(Cl)c1. The standard InChI is InChI=1S/C16H14Cl2N2O2/c1-22-15-5-3-2-4-11(15)6-7-19-16(21)20-14-9-12(17)8-13(18)10-14/h2-10H,1H3,(H2,19,20,21)/b7-6+. The molecular formula is C16H14Cl2N2O2. The number of benzene rings is 2. The molecule has 6 heteroatoms. The zero-order chi connectivity index (χ0) is 15.9. The molecule has 2 N–H and O–H groups in total. The Labute approximate surface area is 138 Å². The molecule has 0 saturated heterocycles. The van der Waals surface area contributed by atoms with Gasteiger partial charge in [-0.1, -0.05) is 41.4 Å². The summed E-state index contributed by atoms with van der Waals surface area (Å²) in [5, 5.41) is 6.14. The van der Waals surface area contributed by atoms with Crippen molar-refractivity contribution in [2.75, 3.05) is 12.4 Å². The number of methoxy groups -OCH3 is 1. The minimum Gasteiger partial charge on any atom is -0.496 e. The van der Waals surface area contributed by atoms with Gasteiger partial charge in [-0.25, -0.2) is 4.79 Å². The Hall–Kier alpha value is -2.17. The first-order valence-electron chi connectivity index (χ1n) is 6.41. The smallest absolute Gasteiger partial charge is 0.323 e. The third-order valence-electron chi connectivity index (χ3n) is 2.74. The molecule has 0 aliphatic rings. The molecule has 0 aliphatic heterocycles. The van der Waals surface area contributed by atoms with E-state index >= 15 is 0 Å². The van der Waals surface area contributed by atoms with Crippen molar-refractivity contribution in [3.05, 3.63) is 64.3 Å². The lowest BCUT2D eigenvalue weighted by Crippen LogP contribution is -2.23. The van der Waals surface area contributed by atoms with E-state index in [4.69, 9.17) is 27.9 Å². The molecule has 4 nitrogen and oxygen atoms in total. The second kappa shape index (κ2) is 7.73. The summed E-state index contributed by atoms with van der Waals surface area (Å²) in [5.74, 6) is 0.725. The Bertz CT molecular complexity index is 682. The van der Waals surface area contributed by atoms with Gasteiger partial charge in [0.15, 0.2) is 0 Å². The van der Waals surface area contributed by atoms with Gasteiger partial charge in [0, 0.05) is 27.5 Å². The molecule has 2 aromatic carbocycles. The number of hydrogen-bond acceptors (Lipinski definition) is 2. The molecule has 0 unspecified atom stereocenters. The van der Waals surface area contributed by atoms with Crippen LogP contribution < -0.4 is 15.4 Å². The summed E-state index contributed by atoms with van der Waals surface area (Å²) in [6.45, 7) is 0. The number of ether oxygens (including phenoxy) is 1. The highest BCUT2D eigenvalue weighted by molar-refractivity contribution is 6.35. The Morgan fingerprint density at radius 1 is 1.14 bits per heavy atom. The van der Waals surface area contributed by atoms with E-state index in [0.29, 0.717) is 15.7 Å². The van der Waals surface area contributed by atoms with Gasteiger partial charge in [0.2, 0.25) is 0 Å². The van der Waals surface area contributed by atoms with Crippen LogP contribution in [-0.2, 0) is 0 Å². The van der Waals surface area contributed by atoms with Crippen LogP contribution in [0.1, 0.15) is 5.56 Å². The van der Waals surface area contributed by atoms with Crippen molar-refractivity contribution < 1.29 is 9.53 Å². The fourth-order valence-corrected chi connectivity index (χ4v) is 2.33. The summed E-state index contributed by atoms with van der Waals surface area (Å²) in [7, 11) is 1.59. The second-order valence-corrected chi connectivity index (χ2v) is 5.20. The number of urea groups is 1. The zero-order valence-electron chi connectivity index (χ0n) is 11.8. The Balaban J connectivity index is 1.96. The number of rotatable bonds is 4. The normalized spacial score (nSPS) is 10.5. The highest BCUT2D eigenvalue weighted by atomic mass is 35.5. The number of carbonyl (C=O) groups excluding carboxylic acids is 1. The predicted molar refractivity (Wildman–Crippen MR) is 90.6 cm³/mol. The van der Waals surface area contributed by atoms with E-state index in [-0.39, 0.29) is 0 Å². The zero-order valence-corrected chi connectivity index (χ0v) is 13.3. The van der Waals surface area contributed by atoms with Crippen LogP contribution in [0.2, 0.25) is 10.0 Å². The maximum absolute atomic E-state index is 11.8. The molecule has 0 atom stereocenters. The maximum Gasteiger partial charge on any atom is 0.323 e. The van der Waals surface area contributed by atoms with Crippen LogP contribution in [0.4, 0.5) is 10.5 Å². The van der Waals surface area contributed by atoms with Crippen molar-refractivity contribution in [3.63, 3.8) is 0 Å². The van der Waals surface area contributed by atoms with E-state index in [0.717, 1.165) is 11.3 Å². The lowest BCUT2D eigenvalue weighted by Gasteiger charge is -2.06.